The van der Waals surface area contributed by atoms with E-state index < -0.39 is 98.5 Å². The number of ether oxygens (including phenoxy) is 2. The van der Waals surface area contributed by atoms with E-state index in [0.717, 1.165) is 0 Å². The van der Waals surface area contributed by atoms with Crippen LogP contribution in [0.4, 0.5) is 0 Å². The Morgan fingerprint density at radius 1 is 1.45 bits per heavy atom. The van der Waals surface area contributed by atoms with Gasteiger partial charge in [0.1, 0.15) is 0 Å². The van der Waals surface area contributed by atoms with Crippen LogP contribution in [0.15, 0.2) is 18.1 Å². The van der Waals surface area contributed by atoms with E-state index in [9.17, 15) is 4.79 Å². The average molecular weight is 293 g/mol. The molecule has 0 aromatic heterocycles. The van der Waals surface area contributed by atoms with Gasteiger partial charge in [0.05, 0.1) is 22.7 Å². The number of carbonyl (C=O) groups is 1. The fourth-order valence-corrected chi connectivity index (χ4v) is 1.58. The largest absolute Gasteiger partial charge is 0.493 e. The quantitative estimate of drug-likeness (QED) is 0.928. The van der Waals surface area contributed by atoms with Crippen molar-refractivity contribution in [2.24, 2.45) is 0 Å². The van der Waals surface area contributed by atoms with Crippen LogP contribution in [0.25, 0.3) is 0 Å². The Morgan fingerprint density at radius 3 is 3.00 bits per heavy atom. The predicted molar refractivity (Wildman–Crippen MR) is 76.2 cm³/mol. The summed E-state index contributed by atoms with van der Waals surface area (Å²) in [6, 6.07) is -3.80. The van der Waals surface area contributed by atoms with E-state index in [1.807, 2.05) is 5.32 Å². The molecule has 1 aliphatic carbocycles. The molecule has 1 atom stereocenters. The summed E-state index contributed by atoms with van der Waals surface area (Å²) in [4.78, 5) is 12.1. The molecular weight excluding hydrogens is 254 g/mol. The van der Waals surface area contributed by atoms with Gasteiger partial charge in [-0.2, -0.15) is 0 Å². The molecule has 1 unspecified atom stereocenters. The minimum Gasteiger partial charge on any atom is -0.493 e. The maximum atomic E-state index is 12.1. The summed E-state index contributed by atoms with van der Waals surface area (Å²) in [7, 11) is -3.45. The summed E-state index contributed by atoms with van der Waals surface area (Å²) < 4.78 is 154. The molecule has 1 aliphatic heterocycles. The van der Waals surface area contributed by atoms with Crippen molar-refractivity contribution >= 4 is 5.91 Å². The van der Waals surface area contributed by atoms with E-state index in [-0.39, 0.29) is 0 Å². The van der Waals surface area contributed by atoms with Gasteiger partial charge in [-0.3, -0.25) is 4.79 Å². The van der Waals surface area contributed by atoms with Gasteiger partial charge in [-0.05, 0) is 43.1 Å². The molecule has 1 amide bonds. The minimum absolute atomic E-state index is 0.853. The maximum Gasteiger partial charge on any atom is 0.220 e. The zero-order chi connectivity index (χ0) is 29.9. The van der Waals surface area contributed by atoms with Crippen molar-refractivity contribution in [1.29, 1.82) is 0 Å². The van der Waals surface area contributed by atoms with Gasteiger partial charge in [-0.1, -0.05) is 6.04 Å². The Bertz CT molecular complexity index is 1170. The monoisotopic (exact) mass is 293 g/mol. The second kappa shape index (κ2) is 5.73. The molecule has 0 radical (unpaired) electrons. The molecule has 1 saturated carbocycles. The SMILES string of the molecule is [2H]c1c([2H])c(C2([2H])CNC(=O)C2([2H])[2H])c([2H])c(OC2([2H])C([2H])([2H])C([2H])([2H])C([2H])([2H])C2([2H])[2H])c1OC([2H])([2H])[2H]. The Balaban J connectivity index is 2.43. The first-order valence-corrected chi connectivity index (χ1v) is 5.48. The van der Waals surface area contributed by atoms with Crippen LogP contribution in [0.1, 0.15) is 68.0 Å². The van der Waals surface area contributed by atoms with Crippen molar-refractivity contribution in [2.45, 2.75) is 43.8 Å². The van der Waals surface area contributed by atoms with Crippen LogP contribution in [0.5, 0.6) is 11.5 Å². The van der Waals surface area contributed by atoms with Gasteiger partial charge in [0.15, 0.2) is 11.5 Å². The van der Waals surface area contributed by atoms with Gasteiger partial charge in [-0.25, -0.2) is 0 Å². The molecule has 0 bridgehead atoms. The van der Waals surface area contributed by atoms with Crippen molar-refractivity contribution in [3.05, 3.63) is 23.7 Å². The molecule has 1 aromatic rings. The predicted octanol–water partition coefficient (Wildman–Crippen LogP) is 2.62. The molecule has 108 valence electrons. The highest BCUT2D eigenvalue weighted by molar-refractivity contribution is 5.79. The van der Waals surface area contributed by atoms with Gasteiger partial charge in [0.2, 0.25) is 5.91 Å². The lowest BCUT2D eigenvalue weighted by molar-refractivity contribution is -0.119. The second-order valence-electron chi connectivity index (χ2n) is 3.73. The third-order valence-corrected chi connectivity index (χ3v) is 2.46. The normalized spacial score (nSPS) is 54.5. The van der Waals surface area contributed by atoms with Crippen LogP contribution in [0.3, 0.4) is 0 Å². The summed E-state index contributed by atoms with van der Waals surface area (Å²) in [5, 5.41) is 2.03. The highest BCUT2D eigenvalue weighted by Gasteiger charge is 2.25. The Hall–Kier alpha value is -1.71. The molecule has 20 heavy (non-hydrogen) atoms. The van der Waals surface area contributed by atoms with Gasteiger partial charge < -0.3 is 14.8 Å². The molecule has 1 heterocycles. The van der Waals surface area contributed by atoms with Crippen molar-refractivity contribution < 1.29 is 38.9 Å². The molecule has 1 saturated heterocycles. The molecule has 1 aromatic carbocycles. The van der Waals surface area contributed by atoms with E-state index in [0.29, 0.717) is 0 Å². The molecule has 4 nitrogen and oxygen atoms in total. The fraction of sp³-hybridized carbons (Fsp3) is 0.562. The molecule has 3 rings (SSSR count). The average Bonchev–Trinajstić information content (AvgIpc) is 2.98. The molecule has 1 N–H and O–H groups in total. The van der Waals surface area contributed by atoms with E-state index in [2.05, 4.69) is 4.74 Å². The maximum absolute atomic E-state index is 12.1. The van der Waals surface area contributed by atoms with Crippen LogP contribution in [0, 0.1) is 0 Å². The van der Waals surface area contributed by atoms with E-state index >= 15 is 0 Å². The zero-order valence-corrected chi connectivity index (χ0v) is 9.93. The molecule has 2 aliphatic rings. The van der Waals surface area contributed by atoms with Crippen molar-refractivity contribution in [1.82, 2.24) is 5.32 Å². The number of rotatable bonds is 4. The lowest BCUT2D eigenvalue weighted by atomic mass is 9.98. The van der Waals surface area contributed by atoms with Gasteiger partial charge >= 0.3 is 0 Å². The van der Waals surface area contributed by atoms with Crippen molar-refractivity contribution in [3.63, 3.8) is 0 Å². The van der Waals surface area contributed by atoms with Crippen LogP contribution in [0.2, 0.25) is 0 Å². The smallest absolute Gasteiger partial charge is 0.220 e. The first-order chi connectivity index (χ1) is 16.7. The number of hydrogen-bond donors (Lipinski definition) is 1. The second-order valence-corrected chi connectivity index (χ2v) is 3.73. The Kier molecular flexibility index (Phi) is 1.07. The number of hydrogen-bond acceptors (Lipinski definition) is 3. The first kappa shape index (κ1) is 3.73. The van der Waals surface area contributed by atoms with E-state index in [1.54, 1.807) is 0 Å². The number of carbonyl (C=O) groups excluding carboxylic acids is 1. The summed E-state index contributed by atoms with van der Waals surface area (Å²) in [5.41, 5.74) is -1.06. The third-order valence-electron chi connectivity index (χ3n) is 2.46. The molecule has 0 spiro atoms. The van der Waals surface area contributed by atoms with Crippen molar-refractivity contribution in [2.75, 3.05) is 13.6 Å². The molecule has 2 fully saturated rings. The Labute approximate surface area is 144 Å². The lowest BCUT2D eigenvalue weighted by Gasteiger charge is -2.18. The highest BCUT2D eigenvalue weighted by Crippen LogP contribution is 2.35. The van der Waals surface area contributed by atoms with E-state index in [4.69, 9.17) is 29.4 Å². The highest BCUT2D eigenvalue weighted by atomic mass is 16.5. The lowest BCUT2D eigenvalue weighted by Crippen LogP contribution is -2.14. The summed E-state index contributed by atoms with van der Waals surface area (Å²) in [5.74, 6) is -6.98. The Morgan fingerprint density at radius 2 is 2.30 bits per heavy atom. The fourth-order valence-electron chi connectivity index (χ4n) is 1.58. The van der Waals surface area contributed by atoms with Gasteiger partial charge in [0.25, 0.3) is 0 Å². The minimum atomic E-state index is -3.94. The molecular formula is C16H21NO3. The topological polar surface area (TPSA) is 47.6 Å². The zero-order valence-electron chi connectivity index (χ0n) is 27.9. The standard InChI is InChI=1S/C16H21NO3/c1-19-14-7-6-11(12-9-16(18)17-10-12)8-15(14)20-13-4-2-3-5-13/h6-8,12-13H,2-5,9-10H2,1H3,(H,17,18)/i1D3,2D2,3D2,4D2,5D2,6D,7D,8D,9D2,12D,13D. The van der Waals surface area contributed by atoms with Crippen LogP contribution in [-0.2, 0) is 4.79 Å². The number of amides is 1. The third kappa shape index (κ3) is 2.74. The number of methoxy groups -OCH3 is 1. The van der Waals surface area contributed by atoms with Crippen molar-refractivity contribution in [3.8, 4) is 11.5 Å². The van der Waals surface area contributed by atoms with Gasteiger partial charge in [0, 0.05) is 33.9 Å². The number of benzene rings is 1. The van der Waals surface area contributed by atoms with Crippen LogP contribution >= 0.6 is 0 Å². The molecule has 4 heteroatoms. The van der Waals surface area contributed by atoms with E-state index in [1.165, 1.54) is 0 Å². The summed E-state index contributed by atoms with van der Waals surface area (Å²) >= 11 is 0. The van der Waals surface area contributed by atoms with Crippen LogP contribution in [-0.4, -0.2) is 25.6 Å². The summed E-state index contributed by atoms with van der Waals surface area (Å²) in [6.45, 7) is -0.853. The first-order valence-electron chi connectivity index (χ1n) is 14.5. The number of nitrogens with one attached hydrogen (secondary N) is 1. The van der Waals surface area contributed by atoms with Gasteiger partial charge in [-0.15, -0.1) is 0 Å². The summed E-state index contributed by atoms with van der Waals surface area (Å²) in [6.07, 6.45) is -22.3. The van der Waals surface area contributed by atoms with Crippen LogP contribution < -0.4 is 14.8 Å².